The average Bonchev–Trinajstić information content (AvgIpc) is 3.15. The van der Waals surface area contributed by atoms with Crippen molar-refractivity contribution in [2.24, 2.45) is 0 Å². The molecule has 122 valence electrons. The molecule has 4 rings (SSSR count). The summed E-state index contributed by atoms with van der Waals surface area (Å²) in [6.45, 7) is 0. The fraction of sp³-hybridized carbons (Fsp3) is 0.0455. The standard InChI is InChI=1S/C22H18N2O/c1-25-20-14-12-19(13-15-20)24-22(18-10-6-3-7-11-18)16-21(23-24)17-8-4-2-5-9-17/h2-16H,1H3. The fourth-order valence-corrected chi connectivity index (χ4v) is 2.87. The van der Waals surface area contributed by atoms with Gasteiger partial charge in [0.15, 0.2) is 0 Å². The lowest BCUT2D eigenvalue weighted by Crippen LogP contribution is -1.99. The molecule has 0 unspecified atom stereocenters. The van der Waals surface area contributed by atoms with Gasteiger partial charge in [-0.3, -0.25) is 0 Å². The lowest BCUT2D eigenvalue weighted by atomic mass is 10.1. The highest BCUT2D eigenvalue weighted by molar-refractivity contribution is 5.70. The van der Waals surface area contributed by atoms with Crippen LogP contribution in [0, 0.1) is 0 Å². The SMILES string of the molecule is COc1ccc(-n2nc(-c3ccccc3)cc2-c2ccccc2)cc1. The third kappa shape index (κ3) is 3.04. The zero-order valence-electron chi connectivity index (χ0n) is 14.0. The minimum absolute atomic E-state index is 0.834. The van der Waals surface area contributed by atoms with E-state index in [2.05, 4.69) is 30.3 Å². The number of methoxy groups -OCH3 is 1. The van der Waals surface area contributed by atoms with Crippen molar-refractivity contribution in [3.8, 4) is 34.0 Å². The summed E-state index contributed by atoms with van der Waals surface area (Å²) in [5, 5.41) is 4.86. The minimum atomic E-state index is 0.834. The first kappa shape index (κ1) is 15.2. The number of benzene rings is 3. The van der Waals surface area contributed by atoms with Crippen LogP contribution >= 0.6 is 0 Å². The van der Waals surface area contributed by atoms with Gasteiger partial charge in [0.25, 0.3) is 0 Å². The van der Waals surface area contributed by atoms with Gasteiger partial charge in [0.1, 0.15) is 5.75 Å². The molecule has 0 radical (unpaired) electrons. The summed E-state index contributed by atoms with van der Waals surface area (Å²) in [5.41, 5.74) is 5.25. The molecular formula is C22H18N2O. The van der Waals surface area contributed by atoms with Gasteiger partial charge >= 0.3 is 0 Å². The molecule has 0 saturated heterocycles. The average molecular weight is 326 g/mol. The third-order valence-electron chi connectivity index (χ3n) is 4.17. The van der Waals surface area contributed by atoms with E-state index in [1.54, 1.807) is 7.11 Å². The molecule has 1 aromatic heterocycles. The zero-order chi connectivity index (χ0) is 17.1. The van der Waals surface area contributed by atoms with Gasteiger partial charge in [0.05, 0.1) is 24.2 Å². The second-order valence-electron chi connectivity index (χ2n) is 5.76. The smallest absolute Gasteiger partial charge is 0.119 e. The number of rotatable bonds is 4. The first-order valence-corrected chi connectivity index (χ1v) is 8.20. The minimum Gasteiger partial charge on any atom is -0.497 e. The molecule has 3 heteroatoms. The molecular weight excluding hydrogens is 308 g/mol. The normalized spacial score (nSPS) is 10.6. The second-order valence-corrected chi connectivity index (χ2v) is 5.76. The molecule has 3 nitrogen and oxygen atoms in total. The maximum absolute atomic E-state index is 5.26. The summed E-state index contributed by atoms with van der Waals surface area (Å²) in [4.78, 5) is 0. The number of hydrogen-bond donors (Lipinski definition) is 0. The highest BCUT2D eigenvalue weighted by Crippen LogP contribution is 2.29. The van der Waals surface area contributed by atoms with Gasteiger partial charge in [0, 0.05) is 11.1 Å². The fourth-order valence-electron chi connectivity index (χ4n) is 2.87. The third-order valence-corrected chi connectivity index (χ3v) is 4.17. The maximum Gasteiger partial charge on any atom is 0.119 e. The van der Waals surface area contributed by atoms with Gasteiger partial charge < -0.3 is 4.74 Å². The molecule has 0 spiro atoms. The monoisotopic (exact) mass is 326 g/mol. The van der Waals surface area contributed by atoms with E-state index in [0.717, 1.165) is 34.0 Å². The summed E-state index contributed by atoms with van der Waals surface area (Å²) in [6, 6.07) is 30.6. The number of nitrogens with zero attached hydrogens (tertiary/aromatic N) is 2. The summed E-state index contributed by atoms with van der Waals surface area (Å²) in [5.74, 6) is 0.834. The predicted molar refractivity (Wildman–Crippen MR) is 101 cm³/mol. The first-order chi connectivity index (χ1) is 12.3. The number of ether oxygens (including phenoxy) is 1. The van der Waals surface area contributed by atoms with Crippen LogP contribution in [0.4, 0.5) is 0 Å². The van der Waals surface area contributed by atoms with Gasteiger partial charge in [0.2, 0.25) is 0 Å². The van der Waals surface area contributed by atoms with Crippen molar-refractivity contribution in [2.75, 3.05) is 7.11 Å². The van der Waals surface area contributed by atoms with Crippen LogP contribution < -0.4 is 4.74 Å². The lowest BCUT2D eigenvalue weighted by molar-refractivity contribution is 0.414. The lowest BCUT2D eigenvalue weighted by Gasteiger charge is -2.08. The van der Waals surface area contributed by atoms with Crippen LogP contribution in [0.25, 0.3) is 28.2 Å². The summed E-state index contributed by atoms with van der Waals surface area (Å²) in [6.07, 6.45) is 0. The van der Waals surface area contributed by atoms with Crippen molar-refractivity contribution in [3.05, 3.63) is 91.0 Å². The van der Waals surface area contributed by atoms with E-state index in [0.29, 0.717) is 0 Å². The molecule has 0 N–H and O–H groups in total. The van der Waals surface area contributed by atoms with Crippen LogP contribution in [0.2, 0.25) is 0 Å². The van der Waals surface area contributed by atoms with Crippen LogP contribution in [-0.4, -0.2) is 16.9 Å². The van der Waals surface area contributed by atoms with Gasteiger partial charge in [-0.05, 0) is 30.3 Å². The largest absolute Gasteiger partial charge is 0.497 e. The van der Waals surface area contributed by atoms with E-state index >= 15 is 0 Å². The molecule has 4 aromatic rings. The van der Waals surface area contributed by atoms with Crippen LogP contribution in [0.1, 0.15) is 0 Å². The molecule has 25 heavy (non-hydrogen) atoms. The van der Waals surface area contributed by atoms with Crippen LogP contribution in [0.15, 0.2) is 91.0 Å². The van der Waals surface area contributed by atoms with Crippen molar-refractivity contribution in [3.63, 3.8) is 0 Å². The van der Waals surface area contributed by atoms with Crippen molar-refractivity contribution in [1.29, 1.82) is 0 Å². The molecule has 1 heterocycles. The molecule has 0 aliphatic heterocycles. The molecule has 0 fully saturated rings. The number of aromatic nitrogens is 2. The Kier molecular flexibility index (Phi) is 4.05. The summed E-state index contributed by atoms with van der Waals surface area (Å²) >= 11 is 0. The van der Waals surface area contributed by atoms with Crippen molar-refractivity contribution in [1.82, 2.24) is 9.78 Å². The van der Waals surface area contributed by atoms with E-state index in [1.165, 1.54) is 0 Å². The molecule has 0 aliphatic carbocycles. The van der Waals surface area contributed by atoms with E-state index in [9.17, 15) is 0 Å². The predicted octanol–water partition coefficient (Wildman–Crippen LogP) is 5.21. The maximum atomic E-state index is 5.26. The first-order valence-electron chi connectivity index (χ1n) is 8.20. The van der Waals surface area contributed by atoms with Crippen molar-refractivity contribution >= 4 is 0 Å². The van der Waals surface area contributed by atoms with E-state index < -0.39 is 0 Å². The Bertz CT molecular complexity index is 958. The van der Waals surface area contributed by atoms with Crippen LogP contribution in [-0.2, 0) is 0 Å². The summed E-state index contributed by atoms with van der Waals surface area (Å²) in [7, 11) is 1.67. The van der Waals surface area contributed by atoms with Gasteiger partial charge in [-0.25, -0.2) is 4.68 Å². The Labute approximate surface area is 147 Å². The Hall–Kier alpha value is -3.33. The van der Waals surface area contributed by atoms with Gasteiger partial charge in [-0.2, -0.15) is 5.10 Å². The Morgan fingerprint density at radius 1 is 0.720 bits per heavy atom. The van der Waals surface area contributed by atoms with Gasteiger partial charge in [-0.15, -0.1) is 0 Å². The highest BCUT2D eigenvalue weighted by Gasteiger charge is 2.12. The summed E-state index contributed by atoms with van der Waals surface area (Å²) < 4.78 is 7.25. The number of hydrogen-bond acceptors (Lipinski definition) is 2. The van der Waals surface area contributed by atoms with Crippen molar-refractivity contribution < 1.29 is 4.74 Å². The molecule has 0 saturated carbocycles. The molecule has 0 aliphatic rings. The molecule has 0 bridgehead atoms. The topological polar surface area (TPSA) is 27.1 Å². The van der Waals surface area contributed by atoms with E-state index in [4.69, 9.17) is 9.84 Å². The van der Waals surface area contributed by atoms with Crippen LogP contribution in [0.3, 0.4) is 0 Å². The van der Waals surface area contributed by atoms with E-state index in [1.807, 2.05) is 65.3 Å². The zero-order valence-corrected chi connectivity index (χ0v) is 14.0. The Morgan fingerprint density at radius 3 is 1.92 bits per heavy atom. The Morgan fingerprint density at radius 2 is 1.32 bits per heavy atom. The molecule has 0 atom stereocenters. The van der Waals surface area contributed by atoms with Gasteiger partial charge in [-0.1, -0.05) is 60.7 Å². The van der Waals surface area contributed by atoms with E-state index in [-0.39, 0.29) is 0 Å². The molecule has 3 aromatic carbocycles. The van der Waals surface area contributed by atoms with Crippen LogP contribution in [0.5, 0.6) is 5.75 Å². The quantitative estimate of drug-likeness (QED) is 0.514. The second kappa shape index (κ2) is 6.65. The van der Waals surface area contributed by atoms with Crippen molar-refractivity contribution in [2.45, 2.75) is 0 Å². The highest BCUT2D eigenvalue weighted by atomic mass is 16.5. The molecule has 0 amide bonds. The Balaban J connectivity index is 1.87.